The van der Waals surface area contributed by atoms with Gasteiger partial charge in [-0.3, -0.25) is 9.78 Å². The first kappa shape index (κ1) is 17.2. The Morgan fingerprint density at radius 2 is 1.92 bits per heavy atom. The number of carbonyl (C=O) groups is 1. The van der Waals surface area contributed by atoms with Crippen LogP contribution in [0.5, 0.6) is 17.2 Å². The number of nitrogens with one attached hydrogen (secondary N) is 1. The molecule has 1 aromatic heterocycles. The second kappa shape index (κ2) is 8.43. The number of para-hydroxylation sites is 1. The minimum absolute atomic E-state index is 0.328. The Kier molecular flexibility index (Phi) is 5.57. The van der Waals surface area contributed by atoms with Gasteiger partial charge in [0.15, 0.2) is 11.5 Å². The van der Waals surface area contributed by atoms with Crippen LogP contribution in [-0.2, 0) is 0 Å². The van der Waals surface area contributed by atoms with Gasteiger partial charge in [-0.2, -0.15) is 5.10 Å². The molecule has 0 spiro atoms. The fourth-order valence-electron chi connectivity index (χ4n) is 2.19. The Morgan fingerprint density at radius 3 is 2.65 bits per heavy atom. The van der Waals surface area contributed by atoms with Crippen molar-refractivity contribution < 1.29 is 14.3 Å². The third-order valence-electron chi connectivity index (χ3n) is 3.46. The predicted molar refractivity (Wildman–Crippen MR) is 98.8 cm³/mol. The van der Waals surface area contributed by atoms with Crippen molar-refractivity contribution in [3.05, 3.63) is 84.2 Å². The first-order valence-corrected chi connectivity index (χ1v) is 7.90. The van der Waals surface area contributed by atoms with Gasteiger partial charge in [0.1, 0.15) is 5.75 Å². The summed E-state index contributed by atoms with van der Waals surface area (Å²) in [7, 11) is 1.57. The maximum Gasteiger partial charge on any atom is 0.272 e. The highest BCUT2D eigenvalue weighted by atomic mass is 16.5. The molecule has 0 aliphatic rings. The Hall–Kier alpha value is -3.67. The van der Waals surface area contributed by atoms with Gasteiger partial charge < -0.3 is 9.47 Å². The van der Waals surface area contributed by atoms with Crippen LogP contribution < -0.4 is 14.9 Å². The lowest BCUT2D eigenvalue weighted by molar-refractivity contribution is 0.0955. The second-order valence-corrected chi connectivity index (χ2v) is 5.27. The van der Waals surface area contributed by atoms with Crippen LogP contribution in [0.3, 0.4) is 0 Å². The van der Waals surface area contributed by atoms with Gasteiger partial charge in [0.25, 0.3) is 5.91 Å². The van der Waals surface area contributed by atoms with Gasteiger partial charge in [0, 0.05) is 12.4 Å². The smallest absolute Gasteiger partial charge is 0.272 e. The summed E-state index contributed by atoms with van der Waals surface area (Å²) in [4.78, 5) is 15.8. The van der Waals surface area contributed by atoms with Crippen molar-refractivity contribution in [2.75, 3.05) is 7.11 Å². The molecule has 0 aliphatic carbocycles. The zero-order valence-corrected chi connectivity index (χ0v) is 14.1. The largest absolute Gasteiger partial charge is 0.493 e. The number of pyridine rings is 1. The molecule has 3 rings (SSSR count). The molecule has 1 N–H and O–H groups in total. The number of hydrazone groups is 1. The third-order valence-corrected chi connectivity index (χ3v) is 3.46. The SMILES string of the molecule is COc1cc(/C=N/NC(=O)c2cccnc2)ccc1Oc1ccccc1. The molecule has 2 aromatic carbocycles. The molecule has 0 atom stereocenters. The van der Waals surface area contributed by atoms with E-state index >= 15 is 0 Å². The monoisotopic (exact) mass is 347 g/mol. The summed E-state index contributed by atoms with van der Waals surface area (Å²) in [6, 6.07) is 18.2. The van der Waals surface area contributed by atoms with Gasteiger partial charge in [-0.05, 0) is 48.0 Å². The highest BCUT2D eigenvalue weighted by Gasteiger charge is 2.07. The van der Waals surface area contributed by atoms with Crippen molar-refractivity contribution in [1.82, 2.24) is 10.4 Å². The standard InChI is InChI=1S/C20H17N3O3/c1-25-19-12-15(9-10-18(19)26-17-7-3-2-4-8-17)13-22-23-20(24)16-6-5-11-21-14-16/h2-14H,1H3,(H,23,24)/b22-13+. The number of hydrogen-bond donors (Lipinski definition) is 1. The third kappa shape index (κ3) is 4.45. The summed E-state index contributed by atoms with van der Waals surface area (Å²) < 4.78 is 11.2. The van der Waals surface area contributed by atoms with Crippen molar-refractivity contribution in [3.8, 4) is 17.2 Å². The normalized spacial score (nSPS) is 10.5. The molecule has 0 bridgehead atoms. The van der Waals surface area contributed by atoms with E-state index in [-0.39, 0.29) is 5.91 Å². The van der Waals surface area contributed by atoms with Crippen LogP contribution in [0.1, 0.15) is 15.9 Å². The molecule has 0 unspecified atom stereocenters. The molecule has 0 saturated heterocycles. The fraction of sp³-hybridized carbons (Fsp3) is 0.0500. The van der Waals surface area contributed by atoms with E-state index in [1.165, 1.54) is 12.4 Å². The van der Waals surface area contributed by atoms with Gasteiger partial charge >= 0.3 is 0 Å². The number of carbonyl (C=O) groups excluding carboxylic acids is 1. The maximum absolute atomic E-state index is 11.9. The molecule has 1 heterocycles. The Labute approximate surface area is 151 Å². The van der Waals surface area contributed by atoms with Crippen LogP contribution in [0, 0.1) is 0 Å². The Bertz CT molecular complexity index is 897. The van der Waals surface area contributed by atoms with Crippen molar-refractivity contribution in [2.24, 2.45) is 5.10 Å². The predicted octanol–water partition coefficient (Wildman–Crippen LogP) is 3.65. The molecule has 6 heteroatoms. The number of hydrogen-bond acceptors (Lipinski definition) is 5. The van der Waals surface area contributed by atoms with Gasteiger partial charge in [-0.25, -0.2) is 5.43 Å². The highest BCUT2D eigenvalue weighted by Crippen LogP contribution is 2.31. The number of aromatic nitrogens is 1. The van der Waals surface area contributed by atoms with Crippen molar-refractivity contribution in [2.45, 2.75) is 0 Å². The van der Waals surface area contributed by atoms with Crippen molar-refractivity contribution in [1.29, 1.82) is 0 Å². The molecule has 26 heavy (non-hydrogen) atoms. The quantitative estimate of drug-likeness (QED) is 0.546. The minimum atomic E-state index is -0.328. The Balaban J connectivity index is 1.68. The van der Waals surface area contributed by atoms with E-state index in [1.807, 2.05) is 36.4 Å². The number of amides is 1. The zero-order valence-electron chi connectivity index (χ0n) is 14.1. The summed E-state index contributed by atoms with van der Waals surface area (Å²) in [5.74, 6) is 1.55. The molecule has 3 aromatic rings. The van der Waals surface area contributed by atoms with Crippen LogP contribution >= 0.6 is 0 Å². The lowest BCUT2D eigenvalue weighted by Crippen LogP contribution is -2.17. The lowest BCUT2D eigenvalue weighted by atomic mass is 10.2. The number of ether oxygens (including phenoxy) is 2. The first-order valence-electron chi connectivity index (χ1n) is 7.90. The average molecular weight is 347 g/mol. The molecule has 1 amide bonds. The summed E-state index contributed by atoms with van der Waals surface area (Å²) in [6.45, 7) is 0. The number of benzene rings is 2. The van der Waals surface area contributed by atoms with Gasteiger partial charge in [-0.15, -0.1) is 0 Å². The number of rotatable bonds is 6. The molecule has 0 fully saturated rings. The summed E-state index contributed by atoms with van der Waals surface area (Å²) in [6.07, 6.45) is 4.61. The molecule has 6 nitrogen and oxygen atoms in total. The lowest BCUT2D eigenvalue weighted by Gasteiger charge is -2.10. The van der Waals surface area contributed by atoms with Gasteiger partial charge in [0.2, 0.25) is 0 Å². The summed E-state index contributed by atoms with van der Waals surface area (Å²) >= 11 is 0. The van der Waals surface area contributed by atoms with Crippen LogP contribution in [0.25, 0.3) is 0 Å². The van der Waals surface area contributed by atoms with Crippen LogP contribution in [0.15, 0.2) is 78.2 Å². The highest BCUT2D eigenvalue weighted by molar-refractivity contribution is 5.94. The topological polar surface area (TPSA) is 72.8 Å². The van der Waals surface area contributed by atoms with Crippen LogP contribution in [0.4, 0.5) is 0 Å². The van der Waals surface area contributed by atoms with Gasteiger partial charge in [0.05, 0.1) is 18.9 Å². The summed E-state index contributed by atoms with van der Waals surface area (Å²) in [5, 5.41) is 3.96. The van der Waals surface area contributed by atoms with E-state index in [9.17, 15) is 4.79 Å². The fourth-order valence-corrected chi connectivity index (χ4v) is 2.19. The van der Waals surface area contributed by atoms with E-state index < -0.39 is 0 Å². The van der Waals surface area contributed by atoms with E-state index in [0.29, 0.717) is 17.1 Å². The first-order chi connectivity index (χ1) is 12.8. The zero-order chi connectivity index (χ0) is 18.2. The molecule has 0 saturated carbocycles. The van der Waals surface area contributed by atoms with Crippen molar-refractivity contribution >= 4 is 12.1 Å². The average Bonchev–Trinajstić information content (AvgIpc) is 2.70. The number of nitrogens with zero attached hydrogens (tertiary/aromatic N) is 2. The second-order valence-electron chi connectivity index (χ2n) is 5.27. The molecule has 0 aliphatic heterocycles. The molecular weight excluding hydrogens is 330 g/mol. The maximum atomic E-state index is 11.9. The van der Waals surface area contributed by atoms with Crippen molar-refractivity contribution in [3.63, 3.8) is 0 Å². The van der Waals surface area contributed by atoms with Crippen LogP contribution in [0.2, 0.25) is 0 Å². The van der Waals surface area contributed by atoms with E-state index in [1.54, 1.807) is 37.6 Å². The summed E-state index contributed by atoms with van der Waals surface area (Å²) in [5.41, 5.74) is 3.65. The van der Waals surface area contributed by atoms with E-state index in [0.717, 1.165) is 11.3 Å². The van der Waals surface area contributed by atoms with Gasteiger partial charge in [-0.1, -0.05) is 18.2 Å². The van der Waals surface area contributed by atoms with E-state index in [2.05, 4.69) is 15.5 Å². The Morgan fingerprint density at radius 1 is 1.08 bits per heavy atom. The molecular formula is C20H17N3O3. The number of methoxy groups -OCH3 is 1. The van der Waals surface area contributed by atoms with E-state index in [4.69, 9.17) is 9.47 Å². The van der Waals surface area contributed by atoms with Crippen LogP contribution in [-0.4, -0.2) is 24.2 Å². The molecule has 0 radical (unpaired) electrons. The minimum Gasteiger partial charge on any atom is -0.493 e. The molecule has 130 valence electrons.